The summed E-state index contributed by atoms with van der Waals surface area (Å²) < 4.78 is 8.07. The first-order valence-corrected chi connectivity index (χ1v) is 14.3. The average molecular weight is 558 g/mol. The second-order valence-corrected chi connectivity index (χ2v) is 12.0. The van der Waals surface area contributed by atoms with E-state index in [9.17, 15) is 19.2 Å². The summed E-state index contributed by atoms with van der Waals surface area (Å²) in [5.74, 6) is 0.0386. The van der Waals surface area contributed by atoms with Gasteiger partial charge in [0.1, 0.15) is 18.1 Å². The van der Waals surface area contributed by atoms with Gasteiger partial charge in [-0.3, -0.25) is 29.3 Å². The molecule has 1 aromatic heterocycles. The van der Waals surface area contributed by atoms with Crippen LogP contribution < -0.4 is 15.0 Å². The molecule has 2 fully saturated rings. The van der Waals surface area contributed by atoms with E-state index in [4.69, 9.17) is 4.74 Å². The summed E-state index contributed by atoms with van der Waals surface area (Å²) in [4.78, 5) is 53.0. The number of piperidine rings is 1. The highest BCUT2D eigenvalue weighted by Gasteiger charge is 2.41. The molecule has 2 atom stereocenters. The van der Waals surface area contributed by atoms with Gasteiger partial charge in [0.2, 0.25) is 11.8 Å². The standard InChI is InChI=1S/C31H35N5O5/c1-31(13-4-14-31)19-34(2)15-11-20(12-16-37)35-18-21(17-32-35)41-26-9-7-24-28-22(26)5-3-6-23(28)30(40)36(24)25-8-10-27(38)33-29(25)39/h3,5-7,9,16-18,20,25H,4,8,10-15,19H2,1-2H3,(H,33,38,39). The number of rotatable bonds is 11. The van der Waals surface area contributed by atoms with Crippen LogP contribution in [0.15, 0.2) is 42.7 Å². The lowest BCUT2D eigenvalue weighted by atomic mass is 9.70. The van der Waals surface area contributed by atoms with E-state index in [1.807, 2.05) is 12.3 Å². The van der Waals surface area contributed by atoms with Crippen molar-refractivity contribution in [2.45, 2.75) is 64.0 Å². The van der Waals surface area contributed by atoms with E-state index in [-0.39, 0.29) is 30.7 Å². The first-order chi connectivity index (χ1) is 19.8. The molecule has 6 rings (SSSR count). The van der Waals surface area contributed by atoms with Crippen LogP contribution in [0.5, 0.6) is 11.5 Å². The normalized spacial score (nSPS) is 20.3. The molecule has 214 valence electrons. The highest BCUT2D eigenvalue weighted by Crippen LogP contribution is 2.44. The Labute approximate surface area is 238 Å². The van der Waals surface area contributed by atoms with E-state index in [1.54, 1.807) is 35.1 Å². The minimum Gasteiger partial charge on any atom is -0.453 e. The smallest absolute Gasteiger partial charge is 0.259 e. The molecule has 3 heterocycles. The Bertz CT molecular complexity index is 1530. The molecule has 1 saturated heterocycles. The Balaban J connectivity index is 1.20. The van der Waals surface area contributed by atoms with Crippen LogP contribution in [-0.2, 0) is 14.4 Å². The molecule has 2 aromatic carbocycles. The number of carbonyl (C=O) groups is 4. The number of benzene rings is 2. The van der Waals surface area contributed by atoms with Gasteiger partial charge in [0.15, 0.2) is 5.75 Å². The lowest BCUT2D eigenvalue weighted by Gasteiger charge is -2.41. The number of hydrogen-bond donors (Lipinski definition) is 1. The third kappa shape index (κ3) is 5.12. The number of nitrogens with zero attached hydrogens (tertiary/aromatic N) is 4. The molecule has 3 aromatic rings. The summed E-state index contributed by atoms with van der Waals surface area (Å²) >= 11 is 0. The van der Waals surface area contributed by atoms with Crippen molar-refractivity contribution in [3.8, 4) is 11.5 Å². The number of amides is 3. The quantitative estimate of drug-likeness (QED) is 0.277. The third-order valence-electron chi connectivity index (χ3n) is 8.81. The summed E-state index contributed by atoms with van der Waals surface area (Å²) in [5, 5.41) is 8.33. The van der Waals surface area contributed by atoms with Gasteiger partial charge in [-0.15, -0.1) is 0 Å². The maximum absolute atomic E-state index is 13.4. The Morgan fingerprint density at radius 2 is 2.05 bits per heavy atom. The molecule has 3 amide bonds. The molecule has 10 heteroatoms. The number of nitrogens with one attached hydrogen (secondary N) is 1. The minimum absolute atomic E-state index is 0.0750. The van der Waals surface area contributed by atoms with E-state index in [2.05, 4.69) is 29.3 Å². The van der Waals surface area contributed by atoms with Gasteiger partial charge in [0.05, 0.1) is 24.1 Å². The highest BCUT2D eigenvalue weighted by molar-refractivity contribution is 6.27. The fraction of sp³-hybridized carbons (Fsp3) is 0.452. The van der Waals surface area contributed by atoms with Crippen molar-refractivity contribution in [3.63, 3.8) is 0 Å². The molecule has 1 saturated carbocycles. The largest absolute Gasteiger partial charge is 0.453 e. The summed E-state index contributed by atoms with van der Waals surface area (Å²) in [6.45, 7) is 4.27. The summed E-state index contributed by atoms with van der Waals surface area (Å²) in [5.41, 5.74) is 1.53. The van der Waals surface area contributed by atoms with Crippen molar-refractivity contribution in [1.82, 2.24) is 20.0 Å². The lowest BCUT2D eigenvalue weighted by Crippen LogP contribution is -2.53. The van der Waals surface area contributed by atoms with Crippen molar-refractivity contribution in [1.29, 1.82) is 0 Å². The molecule has 41 heavy (non-hydrogen) atoms. The van der Waals surface area contributed by atoms with Crippen molar-refractivity contribution >= 4 is 40.5 Å². The molecule has 2 aliphatic heterocycles. The zero-order valence-electron chi connectivity index (χ0n) is 23.5. The van der Waals surface area contributed by atoms with Crippen LogP contribution in [0.3, 0.4) is 0 Å². The van der Waals surface area contributed by atoms with Crippen molar-refractivity contribution in [3.05, 3.63) is 48.3 Å². The molecule has 3 aliphatic rings. The maximum Gasteiger partial charge on any atom is 0.259 e. The van der Waals surface area contributed by atoms with Crippen LogP contribution in [0.4, 0.5) is 5.69 Å². The van der Waals surface area contributed by atoms with Crippen molar-refractivity contribution < 1.29 is 23.9 Å². The van der Waals surface area contributed by atoms with Gasteiger partial charge in [-0.2, -0.15) is 5.10 Å². The number of aldehydes is 1. The number of hydrogen-bond acceptors (Lipinski definition) is 7. The number of ether oxygens (including phenoxy) is 1. The maximum atomic E-state index is 13.4. The SMILES string of the molecule is CN(CCC(CC=O)n1cc(Oc2ccc3c4c(cccc24)C(=O)N3C2CCC(=O)NC2=O)cn1)CC1(C)CCC1. The Kier molecular flexibility index (Phi) is 7.11. The fourth-order valence-corrected chi connectivity index (χ4v) is 6.51. The molecular formula is C31H35N5O5. The van der Waals surface area contributed by atoms with Crippen LogP contribution in [0.1, 0.15) is 68.3 Å². The molecule has 10 nitrogen and oxygen atoms in total. The topological polar surface area (TPSA) is 114 Å². The Hall–Kier alpha value is -4.05. The minimum atomic E-state index is -0.744. The zero-order valence-corrected chi connectivity index (χ0v) is 23.5. The van der Waals surface area contributed by atoms with E-state index in [0.29, 0.717) is 40.0 Å². The molecular weight excluding hydrogens is 522 g/mol. The molecule has 0 radical (unpaired) electrons. The van der Waals surface area contributed by atoms with E-state index in [1.165, 1.54) is 24.2 Å². The molecule has 1 N–H and O–H groups in total. The van der Waals surface area contributed by atoms with Gasteiger partial charge in [-0.1, -0.05) is 25.5 Å². The average Bonchev–Trinajstić information content (AvgIpc) is 3.51. The molecule has 1 aliphatic carbocycles. The van der Waals surface area contributed by atoms with E-state index in [0.717, 1.165) is 31.2 Å². The van der Waals surface area contributed by atoms with Gasteiger partial charge < -0.3 is 14.4 Å². The Morgan fingerprint density at radius 1 is 1.22 bits per heavy atom. The van der Waals surface area contributed by atoms with Crippen LogP contribution in [0.2, 0.25) is 0 Å². The number of carbonyl (C=O) groups excluding carboxylic acids is 4. The number of imide groups is 1. The first-order valence-electron chi connectivity index (χ1n) is 14.3. The molecule has 0 bridgehead atoms. The van der Waals surface area contributed by atoms with Crippen molar-refractivity contribution in [2.24, 2.45) is 5.41 Å². The van der Waals surface area contributed by atoms with E-state index < -0.39 is 11.9 Å². The lowest BCUT2D eigenvalue weighted by molar-refractivity contribution is -0.134. The summed E-state index contributed by atoms with van der Waals surface area (Å²) in [7, 11) is 2.14. The van der Waals surface area contributed by atoms with Gasteiger partial charge in [0.25, 0.3) is 5.91 Å². The van der Waals surface area contributed by atoms with Crippen LogP contribution in [0, 0.1) is 5.41 Å². The number of aromatic nitrogens is 2. The second kappa shape index (κ2) is 10.7. The predicted molar refractivity (Wildman–Crippen MR) is 153 cm³/mol. The van der Waals surface area contributed by atoms with Crippen molar-refractivity contribution in [2.75, 3.05) is 25.0 Å². The predicted octanol–water partition coefficient (Wildman–Crippen LogP) is 4.24. The van der Waals surface area contributed by atoms with Crippen LogP contribution in [-0.4, -0.2) is 64.9 Å². The first kappa shape index (κ1) is 27.1. The second-order valence-electron chi connectivity index (χ2n) is 12.0. The fourth-order valence-electron chi connectivity index (χ4n) is 6.51. The molecule has 0 spiro atoms. The van der Waals surface area contributed by atoms with Crippen LogP contribution in [0.25, 0.3) is 10.8 Å². The summed E-state index contributed by atoms with van der Waals surface area (Å²) in [6, 6.07) is 8.18. The van der Waals surface area contributed by atoms with E-state index >= 15 is 0 Å². The molecule has 2 unspecified atom stereocenters. The van der Waals surface area contributed by atoms with Gasteiger partial charge in [-0.25, -0.2) is 0 Å². The zero-order chi connectivity index (χ0) is 28.7. The van der Waals surface area contributed by atoms with Gasteiger partial charge in [0, 0.05) is 35.7 Å². The number of anilines is 1. The van der Waals surface area contributed by atoms with Gasteiger partial charge >= 0.3 is 0 Å². The Morgan fingerprint density at radius 3 is 2.78 bits per heavy atom. The van der Waals surface area contributed by atoms with Gasteiger partial charge in [-0.05, 0) is 62.9 Å². The third-order valence-corrected chi connectivity index (χ3v) is 8.81. The highest BCUT2D eigenvalue weighted by atomic mass is 16.5. The summed E-state index contributed by atoms with van der Waals surface area (Å²) in [6.07, 6.45) is 9.87. The van der Waals surface area contributed by atoms with Crippen LogP contribution >= 0.6 is 0 Å². The monoisotopic (exact) mass is 557 g/mol.